The zero-order valence-corrected chi connectivity index (χ0v) is 30.8. The van der Waals surface area contributed by atoms with Gasteiger partial charge < -0.3 is 9.32 Å². The Morgan fingerprint density at radius 3 is 1.91 bits per heavy atom. The Balaban J connectivity index is 1.19. The van der Waals surface area contributed by atoms with Crippen molar-refractivity contribution in [3.8, 4) is 33.4 Å². The minimum absolute atomic E-state index is 0.137. The Hall–Kier alpha value is -6.90. The monoisotopic (exact) mass is 703 g/mol. The van der Waals surface area contributed by atoms with Gasteiger partial charge in [0.1, 0.15) is 11.2 Å². The van der Waals surface area contributed by atoms with Crippen molar-refractivity contribution in [2.45, 2.75) is 19.3 Å². The Labute approximate surface area is 320 Å². The average Bonchev–Trinajstić information content (AvgIpc) is 3.74. The molecule has 0 radical (unpaired) electrons. The first-order chi connectivity index (χ1) is 27.0. The van der Waals surface area contributed by atoms with Gasteiger partial charge in [0.15, 0.2) is 0 Å². The highest BCUT2D eigenvalue weighted by Crippen LogP contribution is 2.53. The number of benzene rings is 9. The van der Waals surface area contributed by atoms with E-state index in [1.807, 2.05) is 0 Å². The van der Waals surface area contributed by atoms with Crippen molar-refractivity contribution in [2.75, 3.05) is 4.90 Å². The Bertz CT molecular complexity index is 3110. The molecule has 260 valence electrons. The molecular weight excluding hydrogens is 667 g/mol. The van der Waals surface area contributed by atoms with Crippen LogP contribution in [-0.4, -0.2) is 0 Å². The van der Waals surface area contributed by atoms with E-state index in [1.54, 1.807) is 0 Å². The fourth-order valence-electron chi connectivity index (χ4n) is 9.16. The first-order valence-corrected chi connectivity index (χ1v) is 19.1. The molecule has 0 fully saturated rings. The molecule has 0 aliphatic heterocycles. The van der Waals surface area contributed by atoms with Crippen molar-refractivity contribution in [1.82, 2.24) is 0 Å². The van der Waals surface area contributed by atoms with Gasteiger partial charge in [0.2, 0.25) is 0 Å². The van der Waals surface area contributed by atoms with Crippen molar-refractivity contribution < 1.29 is 4.42 Å². The van der Waals surface area contributed by atoms with Gasteiger partial charge in [-0.3, -0.25) is 0 Å². The molecule has 2 nitrogen and oxygen atoms in total. The molecule has 0 atom stereocenters. The van der Waals surface area contributed by atoms with Crippen molar-refractivity contribution in [1.29, 1.82) is 0 Å². The first kappa shape index (κ1) is 31.6. The van der Waals surface area contributed by atoms with Crippen LogP contribution >= 0.6 is 0 Å². The molecular formula is C53H37NO. The summed E-state index contributed by atoms with van der Waals surface area (Å²) in [4.78, 5) is 2.47. The molecule has 10 aromatic rings. The second-order valence-corrected chi connectivity index (χ2v) is 15.3. The van der Waals surface area contributed by atoms with Crippen LogP contribution in [0.2, 0.25) is 0 Å². The number of furan rings is 1. The molecule has 0 N–H and O–H groups in total. The fraction of sp³-hybridized carbons (Fsp3) is 0.0566. The van der Waals surface area contributed by atoms with Gasteiger partial charge in [-0.1, -0.05) is 166 Å². The van der Waals surface area contributed by atoms with Crippen LogP contribution in [0.5, 0.6) is 0 Å². The normalized spacial score (nSPS) is 13.1. The van der Waals surface area contributed by atoms with Crippen LogP contribution < -0.4 is 4.90 Å². The smallest absolute Gasteiger partial charge is 0.143 e. The molecule has 0 saturated heterocycles. The molecule has 0 bridgehead atoms. The van der Waals surface area contributed by atoms with E-state index in [4.69, 9.17) is 4.42 Å². The van der Waals surface area contributed by atoms with E-state index in [2.05, 4.69) is 207 Å². The molecule has 1 aliphatic rings. The van der Waals surface area contributed by atoms with Crippen molar-refractivity contribution in [3.05, 3.63) is 199 Å². The minimum atomic E-state index is -0.137. The first-order valence-electron chi connectivity index (χ1n) is 19.1. The van der Waals surface area contributed by atoms with E-state index in [0.29, 0.717) is 0 Å². The number of nitrogens with zero attached hydrogens (tertiary/aromatic N) is 1. The maximum atomic E-state index is 7.03. The van der Waals surface area contributed by atoms with Gasteiger partial charge in [0.25, 0.3) is 0 Å². The van der Waals surface area contributed by atoms with Crippen molar-refractivity contribution in [2.24, 2.45) is 0 Å². The molecule has 11 rings (SSSR count). The molecule has 1 aliphatic carbocycles. The highest BCUT2D eigenvalue weighted by molar-refractivity contribution is 6.26. The van der Waals surface area contributed by atoms with Gasteiger partial charge in [-0.25, -0.2) is 0 Å². The van der Waals surface area contributed by atoms with Crippen LogP contribution in [0.25, 0.3) is 76.9 Å². The highest BCUT2D eigenvalue weighted by Gasteiger charge is 2.36. The zero-order valence-electron chi connectivity index (χ0n) is 30.8. The predicted octanol–water partition coefficient (Wildman–Crippen LogP) is 15.0. The molecule has 9 aromatic carbocycles. The van der Waals surface area contributed by atoms with E-state index >= 15 is 0 Å². The lowest BCUT2D eigenvalue weighted by Crippen LogP contribution is -2.16. The largest absolute Gasteiger partial charge is 0.455 e. The lowest BCUT2D eigenvalue weighted by Gasteiger charge is -2.29. The zero-order chi connectivity index (χ0) is 36.7. The van der Waals surface area contributed by atoms with Gasteiger partial charge in [-0.2, -0.15) is 0 Å². The summed E-state index contributed by atoms with van der Waals surface area (Å²) in [6.07, 6.45) is 0. The van der Waals surface area contributed by atoms with Crippen molar-refractivity contribution >= 4 is 60.5 Å². The molecule has 0 amide bonds. The average molecular weight is 704 g/mol. The maximum absolute atomic E-state index is 7.03. The highest BCUT2D eigenvalue weighted by atomic mass is 16.3. The van der Waals surface area contributed by atoms with Crippen LogP contribution in [0.15, 0.2) is 192 Å². The van der Waals surface area contributed by atoms with Gasteiger partial charge in [-0.05, 0) is 91.5 Å². The summed E-state index contributed by atoms with van der Waals surface area (Å²) in [5, 5.41) is 6.99. The van der Waals surface area contributed by atoms with E-state index < -0.39 is 0 Å². The van der Waals surface area contributed by atoms with Crippen LogP contribution in [-0.2, 0) is 5.41 Å². The Kier molecular flexibility index (Phi) is 6.93. The summed E-state index contributed by atoms with van der Waals surface area (Å²) in [6.45, 7) is 4.71. The van der Waals surface area contributed by atoms with Crippen LogP contribution in [0, 0.1) is 0 Å². The van der Waals surface area contributed by atoms with Crippen LogP contribution in [0.3, 0.4) is 0 Å². The third kappa shape index (κ3) is 4.81. The van der Waals surface area contributed by atoms with Gasteiger partial charge in [-0.15, -0.1) is 0 Å². The molecule has 2 heteroatoms. The summed E-state index contributed by atoms with van der Waals surface area (Å²) in [6, 6.07) is 68.3. The topological polar surface area (TPSA) is 16.4 Å². The third-order valence-corrected chi connectivity index (χ3v) is 11.8. The minimum Gasteiger partial charge on any atom is -0.455 e. The second-order valence-electron chi connectivity index (χ2n) is 15.3. The summed E-state index contributed by atoms with van der Waals surface area (Å²) >= 11 is 0. The lowest BCUT2D eigenvalue weighted by molar-refractivity contribution is 0.660. The molecule has 0 unspecified atom stereocenters. The van der Waals surface area contributed by atoms with E-state index in [-0.39, 0.29) is 5.41 Å². The standard InChI is InChI=1S/C53H37NO/c1-53(2)45-22-11-10-21-42(45)43-31-30-39(33-46(43)53)54(47-23-12-18-36-16-6-8-19-40(36)47)48-24-13-25-49-51(48)50-41-20-9-7-17-38(41)32-44(52(50)55-49)37-28-26-35(27-29-37)34-14-4-3-5-15-34/h3-33H,1-2H3. The molecule has 0 spiro atoms. The van der Waals surface area contributed by atoms with E-state index in [1.165, 1.54) is 54.9 Å². The third-order valence-electron chi connectivity index (χ3n) is 11.8. The quantitative estimate of drug-likeness (QED) is 0.177. The molecule has 55 heavy (non-hydrogen) atoms. The van der Waals surface area contributed by atoms with Crippen molar-refractivity contribution in [3.63, 3.8) is 0 Å². The van der Waals surface area contributed by atoms with Gasteiger partial charge >= 0.3 is 0 Å². The number of anilines is 3. The summed E-state index contributed by atoms with van der Waals surface area (Å²) in [5.41, 5.74) is 14.9. The number of fused-ring (bicyclic) bond motifs is 9. The predicted molar refractivity (Wildman–Crippen MR) is 232 cm³/mol. The molecule has 1 heterocycles. The van der Waals surface area contributed by atoms with Gasteiger partial charge in [0, 0.05) is 27.4 Å². The molecule has 0 saturated carbocycles. The Morgan fingerprint density at radius 2 is 1.05 bits per heavy atom. The second kappa shape index (κ2) is 12.1. The van der Waals surface area contributed by atoms with Crippen LogP contribution in [0.1, 0.15) is 25.0 Å². The number of hydrogen-bond acceptors (Lipinski definition) is 2. The summed E-state index contributed by atoms with van der Waals surface area (Å²) < 4.78 is 7.03. The lowest BCUT2D eigenvalue weighted by atomic mass is 9.82. The summed E-state index contributed by atoms with van der Waals surface area (Å²) in [5.74, 6) is 0. The fourth-order valence-corrected chi connectivity index (χ4v) is 9.16. The number of hydrogen-bond donors (Lipinski definition) is 0. The van der Waals surface area contributed by atoms with E-state index in [9.17, 15) is 0 Å². The summed E-state index contributed by atoms with van der Waals surface area (Å²) in [7, 11) is 0. The Morgan fingerprint density at radius 1 is 0.418 bits per heavy atom. The number of rotatable bonds is 5. The SMILES string of the molecule is CC1(C)c2ccccc2-c2ccc(N(c3cccc4ccccc34)c3cccc4oc5c(-c6ccc(-c7ccccc7)cc6)cc6ccccc6c5c34)cc21. The van der Waals surface area contributed by atoms with Gasteiger partial charge in [0.05, 0.1) is 16.8 Å². The maximum Gasteiger partial charge on any atom is 0.143 e. The van der Waals surface area contributed by atoms with Crippen LogP contribution in [0.4, 0.5) is 17.1 Å². The molecule has 1 aromatic heterocycles. The van der Waals surface area contributed by atoms with E-state index in [0.717, 1.165) is 50.1 Å².